The quantitative estimate of drug-likeness (QED) is 0.708. The molecule has 0 aromatic carbocycles. The van der Waals surface area contributed by atoms with Gasteiger partial charge in [0.15, 0.2) is 5.78 Å². The van der Waals surface area contributed by atoms with E-state index in [2.05, 4.69) is 10.6 Å². The number of ketones is 1. The largest absolute Gasteiger partial charge is 0.344 e. The molecule has 0 aliphatic carbocycles. The Kier molecular flexibility index (Phi) is 4.04. The third-order valence-electron chi connectivity index (χ3n) is 2.71. The molecule has 16 heavy (non-hydrogen) atoms. The van der Waals surface area contributed by atoms with Crippen LogP contribution in [-0.2, 0) is 14.4 Å². The van der Waals surface area contributed by atoms with Crippen molar-refractivity contribution >= 4 is 17.6 Å². The Morgan fingerprint density at radius 1 is 1.44 bits per heavy atom. The summed E-state index contributed by atoms with van der Waals surface area (Å²) in [4.78, 5) is 34.0. The highest BCUT2D eigenvalue weighted by atomic mass is 16.2. The van der Waals surface area contributed by atoms with Crippen molar-refractivity contribution in [2.45, 2.75) is 45.7 Å². The standard InChI is InChI=1S/C11H18N2O3/c1-6(2)10(7(3)14)13-11(16)8-4-5-9(15)12-8/h6,8,10H,4-5H2,1-3H3,(H,12,15)(H,13,16)/t8-,10-/m0/s1. The van der Waals surface area contributed by atoms with Crippen molar-refractivity contribution in [1.29, 1.82) is 0 Å². The van der Waals surface area contributed by atoms with Crippen molar-refractivity contribution in [2.75, 3.05) is 0 Å². The maximum Gasteiger partial charge on any atom is 0.243 e. The number of hydrogen-bond acceptors (Lipinski definition) is 3. The van der Waals surface area contributed by atoms with Crippen LogP contribution in [0.15, 0.2) is 0 Å². The Morgan fingerprint density at radius 2 is 2.06 bits per heavy atom. The summed E-state index contributed by atoms with van der Waals surface area (Å²) < 4.78 is 0. The van der Waals surface area contributed by atoms with E-state index in [0.29, 0.717) is 12.8 Å². The summed E-state index contributed by atoms with van der Waals surface area (Å²) in [6.45, 7) is 5.21. The zero-order chi connectivity index (χ0) is 12.3. The van der Waals surface area contributed by atoms with E-state index in [9.17, 15) is 14.4 Å². The van der Waals surface area contributed by atoms with Gasteiger partial charge in [-0.25, -0.2) is 0 Å². The van der Waals surface area contributed by atoms with Crippen LogP contribution in [0.5, 0.6) is 0 Å². The summed E-state index contributed by atoms with van der Waals surface area (Å²) in [5, 5.41) is 5.25. The van der Waals surface area contributed by atoms with Crippen LogP contribution in [0.4, 0.5) is 0 Å². The van der Waals surface area contributed by atoms with Crippen molar-refractivity contribution in [1.82, 2.24) is 10.6 Å². The van der Waals surface area contributed by atoms with Gasteiger partial charge in [-0.3, -0.25) is 14.4 Å². The van der Waals surface area contributed by atoms with Gasteiger partial charge in [0.2, 0.25) is 11.8 Å². The van der Waals surface area contributed by atoms with E-state index >= 15 is 0 Å². The molecule has 2 N–H and O–H groups in total. The highest BCUT2D eigenvalue weighted by Crippen LogP contribution is 2.09. The molecule has 1 saturated heterocycles. The highest BCUT2D eigenvalue weighted by molar-refractivity contribution is 5.93. The predicted octanol–water partition coefficient (Wildman–Crippen LogP) is -0.00520. The Balaban J connectivity index is 2.55. The second-order valence-electron chi connectivity index (χ2n) is 4.50. The molecule has 5 nitrogen and oxygen atoms in total. The topological polar surface area (TPSA) is 75.3 Å². The first kappa shape index (κ1) is 12.7. The number of carbonyl (C=O) groups is 3. The molecule has 0 radical (unpaired) electrons. The van der Waals surface area contributed by atoms with Gasteiger partial charge in [0.1, 0.15) is 6.04 Å². The Hall–Kier alpha value is -1.39. The molecular formula is C11H18N2O3. The molecule has 0 bridgehead atoms. The second-order valence-corrected chi connectivity index (χ2v) is 4.50. The molecule has 5 heteroatoms. The molecule has 2 atom stereocenters. The zero-order valence-corrected chi connectivity index (χ0v) is 9.87. The molecule has 1 rings (SSSR count). The first-order valence-corrected chi connectivity index (χ1v) is 5.52. The molecule has 1 aliphatic rings. The molecule has 0 unspecified atom stereocenters. The summed E-state index contributed by atoms with van der Waals surface area (Å²) in [7, 11) is 0. The smallest absolute Gasteiger partial charge is 0.243 e. The third-order valence-corrected chi connectivity index (χ3v) is 2.71. The Morgan fingerprint density at radius 3 is 2.44 bits per heavy atom. The van der Waals surface area contributed by atoms with Gasteiger partial charge in [-0.1, -0.05) is 13.8 Å². The van der Waals surface area contributed by atoms with Gasteiger partial charge in [-0.2, -0.15) is 0 Å². The van der Waals surface area contributed by atoms with Crippen molar-refractivity contribution < 1.29 is 14.4 Å². The minimum atomic E-state index is -0.479. The summed E-state index contributed by atoms with van der Waals surface area (Å²) in [6.07, 6.45) is 0.887. The highest BCUT2D eigenvalue weighted by Gasteiger charge is 2.30. The van der Waals surface area contributed by atoms with Crippen molar-refractivity contribution in [3.63, 3.8) is 0 Å². The lowest BCUT2D eigenvalue weighted by Gasteiger charge is -2.21. The van der Waals surface area contributed by atoms with E-state index in [0.717, 1.165) is 0 Å². The maximum absolute atomic E-state index is 11.7. The van der Waals surface area contributed by atoms with E-state index in [4.69, 9.17) is 0 Å². The fraction of sp³-hybridized carbons (Fsp3) is 0.727. The SMILES string of the molecule is CC(=O)[C@@H](NC(=O)[C@@H]1CCC(=O)N1)C(C)C. The third kappa shape index (κ3) is 3.05. The maximum atomic E-state index is 11.7. The van der Waals surface area contributed by atoms with Gasteiger partial charge in [-0.05, 0) is 19.3 Å². The van der Waals surface area contributed by atoms with Gasteiger partial charge < -0.3 is 10.6 Å². The molecule has 0 aromatic heterocycles. The molecule has 0 saturated carbocycles. The lowest BCUT2D eigenvalue weighted by molar-refractivity contribution is -0.129. The van der Waals surface area contributed by atoms with Gasteiger partial charge in [0, 0.05) is 6.42 Å². The van der Waals surface area contributed by atoms with Crippen LogP contribution in [-0.4, -0.2) is 29.7 Å². The average molecular weight is 226 g/mol. The minimum Gasteiger partial charge on any atom is -0.344 e. The summed E-state index contributed by atoms with van der Waals surface area (Å²) in [5.41, 5.74) is 0. The van der Waals surface area contributed by atoms with Crippen LogP contribution in [0.2, 0.25) is 0 Å². The molecule has 90 valence electrons. The monoisotopic (exact) mass is 226 g/mol. The number of hydrogen-bond donors (Lipinski definition) is 2. The number of amides is 2. The van der Waals surface area contributed by atoms with Crippen molar-refractivity contribution in [3.05, 3.63) is 0 Å². The first-order valence-electron chi connectivity index (χ1n) is 5.52. The van der Waals surface area contributed by atoms with Gasteiger partial charge in [0.05, 0.1) is 6.04 Å². The summed E-state index contributed by atoms with van der Waals surface area (Å²) >= 11 is 0. The van der Waals surface area contributed by atoms with E-state index < -0.39 is 12.1 Å². The van der Waals surface area contributed by atoms with E-state index in [1.165, 1.54) is 6.92 Å². The fourth-order valence-corrected chi connectivity index (χ4v) is 1.80. The minimum absolute atomic E-state index is 0.0542. The molecule has 1 aliphatic heterocycles. The van der Waals surface area contributed by atoms with Crippen LogP contribution in [0, 0.1) is 5.92 Å². The molecule has 2 amide bonds. The second kappa shape index (κ2) is 5.09. The van der Waals surface area contributed by atoms with Crippen LogP contribution in [0.1, 0.15) is 33.6 Å². The summed E-state index contributed by atoms with van der Waals surface area (Å²) in [5.74, 6) is -0.380. The number of Topliss-reactive ketones (excluding diaryl/α,β-unsaturated/α-hetero) is 1. The normalized spacial score (nSPS) is 21.8. The van der Waals surface area contributed by atoms with Crippen LogP contribution in [0.3, 0.4) is 0 Å². The van der Waals surface area contributed by atoms with E-state index in [1.54, 1.807) is 0 Å². The van der Waals surface area contributed by atoms with Crippen LogP contribution >= 0.6 is 0 Å². The fourth-order valence-electron chi connectivity index (χ4n) is 1.80. The number of rotatable bonds is 4. The predicted molar refractivity (Wildman–Crippen MR) is 58.6 cm³/mol. The molecule has 1 heterocycles. The van der Waals surface area contributed by atoms with Crippen molar-refractivity contribution in [3.8, 4) is 0 Å². The average Bonchev–Trinajstić information content (AvgIpc) is 2.59. The number of nitrogens with one attached hydrogen (secondary N) is 2. The molecule has 1 fully saturated rings. The molecular weight excluding hydrogens is 208 g/mol. The Bertz CT molecular complexity index is 312. The van der Waals surface area contributed by atoms with Gasteiger partial charge in [-0.15, -0.1) is 0 Å². The van der Waals surface area contributed by atoms with Gasteiger partial charge in [0.25, 0.3) is 0 Å². The molecule has 0 aromatic rings. The lowest BCUT2D eigenvalue weighted by atomic mass is 10.0. The van der Waals surface area contributed by atoms with Gasteiger partial charge >= 0.3 is 0 Å². The number of carbonyl (C=O) groups excluding carboxylic acids is 3. The van der Waals surface area contributed by atoms with Crippen LogP contribution in [0.25, 0.3) is 0 Å². The van der Waals surface area contributed by atoms with Crippen LogP contribution < -0.4 is 10.6 Å². The summed E-state index contributed by atoms with van der Waals surface area (Å²) in [6, 6.07) is -0.946. The van der Waals surface area contributed by atoms with Crippen molar-refractivity contribution in [2.24, 2.45) is 5.92 Å². The molecule has 0 spiro atoms. The van der Waals surface area contributed by atoms with E-state index in [-0.39, 0.29) is 23.5 Å². The zero-order valence-electron chi connectivity index (χ0n) is 9.87. The van der Waals surface area contributed by atoms with E-state index in [1.807, 2.05) is 13.8 Å². The lowest BCUT2D eigenvalue weighted by Crippen LogP contribution is -2.50. The Labute approximate surface area is 95.0 Å². The first-order chi connectivity index (χ1) is 7.41.